The summed E-state index contributed by atoms with van der Waals surface area (Å²) >= 11 is 5.71. The molecule has 0 radical (unpaired) electrons. The number of hydrogen-bond donors (Lipinski definition) is 0. The Morgan fingerprint density at radius 3 is 2.21 bits per heavy atom. The van der Waals surface area contributed by atoms with Crippen molar-refractivity contribution in [1.29, 1.82) is 0 Å². The Kier molecular flexibility index (Phi) is 3.57. The second-order valence-electron chi connectivity index (χ2n) is 3.79. The molecule has 98 valence electrons. The predicted octanol–water partition coefficient (Wildman–Crippen LogP) is 4.23. The molecular formula is C13H7ClF3NO. The number of nitrogens with zero attached hydrogens (tertiary/aromatic N) is 1. The van der Waals surface area contributed by atoms with Gasteiger partial charge in [-0.2, -0.15) is 13.2 Å². The normalized spacial score (nSPS) is 11.4. The van der Waals surface area contributed by atoms with Crippen LogP contribution in [0.2, 0.25) is 5.02 Å². The summed E-state index contributed by atoms with van der Waals surface area (Å²) in [5.41, 5.74) is -0.566. The molecule has 1 heterocycles. The van der Waals surface area contributed by atoms with Gasteiger partial charge in [-0.3, -0.25) is 4.79 Å². The van der Waals surface area contributed by atoms with Crippen molar-refractivity contribution in [3.63, 3.8) is 0 Å². The van der Waals surface area contributed by atoms with Crippen LogP contribution in [0.5, 0.6) is 0 Å². The number of alkyl halides is 3. The molecule has 0 N–H and O–H groups in total. The standard InChI is InChI=1S/C13H7ClF3NO/c14-10-3-1-8(2-4-10)9-5-11(7-19)18-12(6-9)13(15,16)17/h1-7H. The highest BCUT2D eigenvalue weighted by atomic mass is 35.5. The third kappa shape index (κ3) is 3.12. The van der Waals surface area contributed by atoms with Gasteiger partial charge in [0.05, 0.1) is 0 Å². The minimum absolute atomic E-state index is 0.264. The smallest absolute Gasteiger partial charge is 0.296 e. The van der Waals surface area contributed by atoms with Crippen molar-refractivity contribution in [1.82, 2.24) is 4.98 Å². The van der Waals surface area contributed by atoms with Crippen LogP contribution in [0.4, 0.5) is 13.2 Å². The maximum Gasteiger partial charge on any atom is 0.433 e. The lowest BCUT2D eigenvalue weighted by molar-refractivity contribution is -0.141. The van der Waals surface area contributed by atoms with Crippen molar-refractivity contribution >= 4 is 17.9 Å². The lowest BCUT2D eigenvalue weighted by atomic mass is 10.0. The average molecular weight is 286 g/mol. The van der Waals surface area contributed by atoms with E-state index >= 15 is 0 Å². The monoisotopic (exact) mass is 285 g/mol. The summed E-state index contributed by atoms with van der Waals surface area (Å²) in [4.78, 5) is 13.9. The molecule has 2 rings (SSSR count). The summed E-state index contributed by atoms with van der Waals surface area (Å²) in [5.74, 6) is 0. The van der Waals surface area contributed by atoms with Crippen LogP contribution in [-0.2, 0) is 6.18 Å². The first-order valence-corrected chi connectivity index (χ1v) is 5.58. The number of carbonyl (C=O) groups excluding carboxylic acids is 1. The van der Waals surface area contributed by atoms with Crippen molar-refractivity contribution in [3.05, 3.63) is 52.8 Å². The van der Waals surface area contributed by atoms with Gasteiger partial charge in [0.1, 0.15) is 11.4 Å². The highest BCUT2D eigenvalue weighted by Gasteiger charge is 2.33. The highest BCUT2D eigenvalue weighted by molar-refractivity contribution is 6.30. The van der Waals surface area contributed by atoms with Crippen molar-refractivity contribution in [3.8, 4) is 11.1 Å². The van der Waals surface area contributed by atoms with E-state index < -0.39 is 11.9 Å². The largest absolute Gasteiger partial charge is 0.433 e. The van der Waals surface area contributed by atoms with Crippen LogP contribution in [0, 0.1) is 0 Å². The van der Waals surface area contributed by atoms with Gasteiger partial charge in [-0.05, 0) is 35.4 Å². The van der Waals surface area contributed by atoms with Gasteiger partial charge < -0.3 is 0 Å². The number of hydrogen-bond acceptors (Lipinski definition) is 2. The number of aldehydes is 1. The quantitative estimate of drug-likeness (QED) is 0.773. The van der Waals surface area contributed by atoms with Crippen molar-refractivity contribution in [2.24, 2.45) is 0 Å². The third-order valence-corrected chi connectivity index (χ3v) is 2.69. The van der Waals surface area contributed by atoms with Crippen LogP contribution in [0.1, 0.15) is 16.2 Å². The summed E-state index contributed by atoms with van der Waals surface area (Å²) in [7, 11) is 0. The van der Waals surface area contributed by atoms with Crippen LogP contribution in [0.3, 0.4) is 0 Å². The van der Waals surface area contributed by atoms with Crippen LogP contribution >= 0.6 is 11.6 Å². The fraction of sp³-hybridized carbons (Fsp3) is 0.0769. The van der Waals surface area contributed by atoms with E-state index in [-0.39, 0.29) is 17.5 Å². The zero-order chi connectivity index (χ0) is 14.0. The SMILES string of the molecule is O=Cc1cc(-c2ccc(Cl)cc2)cc(C(F)(F)F)n1. The zero-order valence-electron chi connectivity index (χ0n) is 9.41. The Balaban J connectivity index is 2.57. The molecule has 0 aliphatic heterocycles. The third-order valence-electron chi connectivity index (χ3n) is 2.43. The van der Waals surface area contributed by atoms with E-state index in [2.05, 4.69) is 4.98 Å². The molecule has 2 aromatic rings. The zero-order valence-corrected chi connectivity index (χ0v) is 10.2. The van der Waals surface area contributed by atoms with Crippen LogP contribution in [0.25, 0.3) is 11.1 Å². The van der Waals surface area contributed by atoms with E-state index in [1.165, 1.54) is 6.07 Å². The van der Waals surface area contributed by atoms with Crippen LogP contribution in [-0.4, -0.2) is 11.3 Å². The second kappa shape index (κ2) is 5.01. The molecule has 0 fully saturated rings. The molecule has 1 aromatic carbocycles. The molecule has 0 amide bonds. The fourth-order valence-corrected chi connectivity index (χ4v) is 1.69. The van der Waals surface area contributed by atoms with E-state index in [4.69, 9.17) is 11.6 Å². The summed E-state index contributed by atoms with van der Waals surface area (Å²) in [6.07, 6.45) is -4.31. The van der Waals surface area contributed by atoms with Gasteiger partial charge in [0, 0.05) is 5.02 Å². The Morgan fingerprint density at radius 2 is 1.68 bits per heavy atom. The number of benzene rings is 1. The number of rotatable bonds is 2. The van der Waals surface area contributed by atoms with Gasteiger partial charge in [-0.25, -0.2) is 4.98 Å². The van der Waals surface area contributed by atoms with Crippen molar-refractivity contribution in [2.75, 3.05) is 0 Å². The van der Waals surface area contributed by atoms with E-state index in [1.807, 2.05) is 0 Å². The number of pyridine rings is 1. The molecular weight excluding hydrogens is 279 g/mol. The molecule has 19 heavy (non-hydrogen) atoms. The van der Waals surface area contributed by atoms with E-state index in [9.17, 15) is 18.0 Å². The molecule has 0 unspecified atom stereocenters. The second-order valence-corrected chi connectivity index (χ2v) is 4.22. The van der Waals surface area contributed by atoms with Crippen LogP contribution < -0.4 is 0 Å². The molecule has 1 aromatic heterocycles. The van der Waals surface area contributed by atoms with E-state index in [1.54, 1.807) is 24.3 Å². The Morgan fingerprint density at radius 1 is 1.05 bits per heavy atom. The maximum atomic E-state index is 12.7. The highest BCUT2D eigenvalue weighted by Crippen LogP contribution is 2.31. The topological polar surface area (TPSA) is 30.0 Å². The molecule has 0 aliphatic carbocycles. The lowest BCUT2D eigenvalue weighted by Crippen LogP contribution is -2.09. The lowest BCUT2D eigenvalue weighted by Gasteiger charge is -2.09. The molecule has 0 saturated heterocycles. The molecule has 0 bridgehead atoms. The molecule has 0 saturated carbocycles. The number of aromatic nitrogens is 1. The number of halogens is 4. The van der Waals surface area contributed by atoms with Gasteiger partial charge in [0.15, 0.2) is 6.29 Å². The Hall–Kier alpha value is -1.88. The minimum atomic E-state index is -4.60. The first-order valence-electron chi connectivity index (χ1n) is 5.20. The summed E-state index contributed by atoms with van der Waals surface area (Å²) < 4.78 is 38.0. The first kappa shape index (κ1) is 13.5. The van der Waals surface area contributed by atoms with Gasteiger partial charge in [0.25, 0.3) is 0 Å². The van der Waals surface area contributed by atoms with Crippen molar-refractivity contribution in [2.45, 2.75) is 6.18 Å². The summed E-state index contributed by atoms with van der Waals surface area (Å²) in [6.45, 7) is 0. The summed E-state index contributed by atoms with van der Waals surface area (Å²) in [5, 5.41) is 0.476. The predicted molar refractivity (Wildman–Crippen MR) is 65.1 cm³/mol. The summed E-state index contributed by atoms with van der Waals surface area (Å²) in [6, 6.07) is 8.47. The van der Waals surface area contributed by atoms with Gasteiger partial charge in [-0.15, -0.1) is 0 Å². The van der Waals surface area contributed by atoms with Gasteiger partial charge in [-0.1, -0.05) is 23.7 Å². The maximum absolute atomic E-state index is 12.7. The van der Waals surface area contributed by atoms with E-state index in [0.29, 0.717) is 10.6 Å². The molecule has 0 aliphatic rings. The van der Waals surface area contributed by atoms with Gasteiger partial charge in [0.2, 0.25) is 0 Å². The average Bonchev–Trinajstić information content (AvgIpc) is 2.38. The minimum Gasteiger partial charge on any atom is -0.296 e. The molecule has 2 nitrogen and oxygen atoms in total. The Bertz CT molecular complexity index is 608. The van der Waals surface area contributed by atoms with Gasteiger partial charge >= 0.3 is 6.18 Å². The molecule has 0 atom stereocenters. The van der Waals surface area contributed by atoms with Crippen LogP contribution in [0.15, 0.2) is 36.4 Å². The van der Waals surface area contributed by atoms with Crippen molar-refractivity contribution < 1.29 is 18.0 Å². The number of carbonyl (C=O) groups is 1. The fourth-order valence-electron chi connectivity index (χ4n) is 1.57. The molecule has 6 heteroatoms. The molecule has 0 spiro atoms. The Labute approximate surface area is 111 Å². The van der Waals surface area contributed by atoms with E-state index in [0.717, 1.165) is 6.07 Å². The first-order chi connectivity index (χ1) is 8.90.